The Kier molecular flexibility index (Phi) is 6.31. The third-order valence-electron chi connectivity index (χ3n) is 6.48. The second-order valence-corrected chi connectivity index (χ2v) is 8.79. The van der Waals surface area contributed by atoms with Crippen LogP contribution in [0.2, 0.25) is 0 Å². The lowest BCUT2D eigenvalue weighted by molar-refractivity contribution is 0.206. The fourth-order valence-corrected chi connectivity index (χ4v) is 4.47. The number of rotatable bonds is 4. The van der Waals surface area contributed by atoms with E-state index in [1.54, 1.807) is 7.11 Å². The molecule has 3 aromatic rings. The third-order valence-corrected chi connectivity index (χ3v) is 6.48. The smallest absolute Gasteiger partial charge is 0.322 e. The molecule has 2 amide bonds. The second-order valence-electron chi connectivity index (χ2n) is 8.79. The summed E-state index contributed by atoms with van der Waals surface area (Å²) < 4.78 is 5.28. The molecule has 1 aromatic heterocycles. The summed E-state index contributed by atoms with van der Waals surface area (Å²) in [6, 6.07) is 17.4. The summed E-state index contributed by atoms with van der Waals surface area (Å²) in [5, 5.41) is 3.01. The number of methoxy groups -OCH3 is 1. The summed E-state index contributed by atoms with van der Waals surface area (Å²) in [6.45, 7) is 4.88. The Morgan fingerprint density at radius 1 is 0.971 bits per heavy atom. The average molecular weight is 459 g/mol. The van der Waals surface area contributed by atoms with Crippen molar-refractivity contribution in [3.8, 4) is 17.1 Å². The van der Waals surface area contributed by atoms with Gasteiger partial charge in [0.2, 0.25) is 0 Å². The molecular formula is C26H30N6O2. The lowest BCUT2D eigenvalue weighted by atomic mass is 10.0. The van der Waals surface area contributed by atoms with Gasteiger partial charge in [-0.3, -0.25) is 0 Å². The number of anilines is 2. The fourth-order valence-electron chi connectivity index (χ4n) is 4.47. The minimum Gasteiger partial charge on any atom is -0.497 e. The lowest BCUT2D eigenvalue weighted by Crippen LogP contribution is -2.46. The Morgan fingerprint density at radius 3 is 2.53 bits per heavy atom. The van der Waals surface area contributed by atoms with Crippen molar-refractivity contribution in [3.05, 3.63) is 65.9 Å². The normalized spacial score (nSPS) is 16.2. The van der Waals surface area contributed by atoms with Crippen LogP contribution in [0.4, 0.5) is 16.3 Å². The number of amides is 2. The number of nitrogens with zero attached hydrogens (tertiary/aromatic N) is 5. The summed E-state index contributed by atoms with van der Waals surface area (Å²) in [6.07, 6.45) is 0.698. The zero-order valence-corrected chi connectivity index (χ0v) is 19.7. The van der Waals surface area contributed by atoms with Gasteiger partial charge in [0.1, 0.15) is 11.6 Å². The molecule has 1 fully saturated rings. The molecule has 2 aliphatic rings. The van der Waals surface area contributed by atoms with Crippen LogP contribution in [0.3, 0.4) is 0 Å². The van der Waals surface area contributed by atoms with E-state index < -0.39 is 0 Å². The maximum Gasteiger partial charge on any atom is 0.322 e. The molecule has 0 saturated carbocycles. The Bertz CT molecular complexity index is 1160. The molecule has 0 aliphatic carbocycles. The van der Waals surface area contributed by atoms with E-state index in [4.69, 9.17) is 14.7 Å². The van der Waals surface area contributed by atoms with E-state index in [0.717, 1.165) is 54.6 Å². The summed E-state index contributed by atoms with van der Waals surface area (Å²) in [7, 11) is 3.76. The van der Waals surface area contributed by atoms with Crippen LogP contribution in [-0.2, 0) is 13.0 Å². The quantitative estimate of drug-likeness (QED) is 0.645. The molecule has 176 valence electrons. The number of benzene rings is 2. The van der Waals surface area contributed by atoms with Gasteiger partial charge in [-0.05, 0) is 19.2 Å². The highest BCUT2D eigenvalue weighted by Gasteiger charge is 2.29. The Balaban J connectivity index is 1.43. The highest BCUT2D eigenvalue weighted by Crippen LogP contribution is 2.30. The third kappa shape index (κ3) is 4.68. The molecule has 1 saturated heterocycles. The minimum atomic E-state index is -0.129. The monoisotopic (exact) mass is 458 g/mol. The predicted octanol–water partition coefficient (Wildman–Crippen LogP) is 3.49. The average Bonchev–Trinajstić information content (AvgIpc) is 2.89. The van der Waals surface area contributed by atoms with Crippen molar-refractivity contribution in [2.45, 2.75) is 13.0 Å². The van der Waals surface area contributed by atoms with Gasteiger partial charge in [-0.15, -0.1) is 0 Å². The van der Waals surface area contributed by atoms with Crippen LogP contribution in [0.5, 0.6) is 5.75 Å². The van der Waals surface area contributed by atoms with Crippen LogP contribution >= 0.6 is 0 Å². The molecule has 3 heterocycles. The number of carbonyl (C=O) groups is 1. The molecule has 8 nitrogen and oxygen atoms in total. The largest absolute Gasteiger partial charge is 0.497 e. The highest BCUT2D eigenvalue weighted by atomic mass is 16.5. The number of urea groups is 1. The van der Waals surface area contributed by atoms with Crippen LogP contribution in [-0.4, -0.2) is 72.7 Å². The topological polar surface area (TPSA) is 73.8 Å². The number of carbonyl (C=O) groups excluding carboxylic acids is 1. The molecule has 34 heavy (non-hydrogen) atoms. The first-order valence-corrected chi connectivity index (χ1v) is 11.7. The first-order chi connectivity index (χ1) is 16.6. The summed E-state index contributed by atoms with van der Waals surface area (Å²) in [5.41, 5.74) is 3.81. The van der Waals surface area contributed by atoms with Crippen LogP contribution in [0, 0.1) is 0 Å². The first-order valence-electron chi connectivity index (χ1n) is 11.7. The van der Waals surface area contributed by atoms with Gasteiger partial charge >= 0.3 is 6.03 Å². The summed E-state index contributed by atoms with van der Waals surface area (Å²) in [5.74, 6) is 2.42. The van der Waals surface area contributed by atoms with Gasteiger partial charge in [0.25, 0.3) is 0 Å². The van der Waals surface area contributed by atoms with E-state index in [2.05, 4.69) is 22.2 Å². The zero-order chi connectivity index (χ0) is 23.5. The van der Waals surface area contributed by atoms with E-state index in [9.17, 15) is 4.79 Å². The number of aromatic nitrogens is 2. The maximum atomic E-state index is 13.1. The molecule has 0 spiro atoms. The molecule has 5 rings (SSSR count). The van der Waals surface area contributed by atoms with Crippen LogP contribution in [0.1, 0.15) is 11.3 Å². The maximum absolute atomic E-state index is 13.1. The van der Waals surface area contributed by atoms with Crippen molar-refractivity contribution in [2.75, 3.05) is 57.1 Å². The van der Waals surface area contributed by atoms with E-state index in [0.29, 0.717) is 30.9 Å². The lowest BCUT2D eigenvalue weighted by Gasteiger charge is -2.37. The van der Waals surface area contributed by atoms with Gasteiger partial charge in [-0.2, -0.15) is 0 Å². The highest BCUT2D eigenvalue weighted by molar-refractivity contribution is 5.89. The minimum absolute atomic E-state index is 0.129. The number of likely N-dealkylation sites (N-methyl/N-ethyl adjacent to an activating group) is 1. The van der Waals surface area contributed by atoms with E-state index in [-0.39, 0.29) is 6.03 Å². The molecule has 0 unspecified atom stereocenters. The van der Waals surface area contributed by atoms with Crippen LogP contribution in [0.15, 0.2) is 54.6 Å². The molecule has 2 aliphatic heterocycles. The standard InChI is InChI=1S/C26H30N6O2/c1-30-13-15-31(16-14-30)25-22-18-32(26(33)27-20-9-6-10-21(17-20)34-2)12-11-23(22)28-24(29-25)19-7-4-3-5-8-19/h3-10,17H,11-16,18H2,1-2H3,(H,27,33). The Morgan fingerprint density at radius 2 is 1.76 bits per heavy atom. The number of nitrogens with one attached hydrogen (secondary N) is 1. The second kappa shape index (κ2) is 9.69. The molecule has 1 N–H and O–H groups in total. The van der Waals surface area contributed by atoms with Crippen molar-refractivity contribution in [1.29, 1.82) is 0 Å². The van der Waals surface area contributed by atoms with Gasteiger partial charge in [0.15, 0.2) is 5.82 Å². The fraction of sp³-hybridized carbons (Fsp3) is 0.346. The molecule has 0 bridgehead atoms. The molecule has 0 radical (unpaired) electrons. The van der Waals surface area contributed by atoms with E-state index in [1.807, 2.05) is 59.5 Å². The van der Waals surface area contributed by atoms with Crippen molar-refractivity contribution in [2.24, 2.45) is 0 Å². The van der Waals surface area contributed by atoms with Crippen molar-refractivity contribution < 1.29 is 9.53 Å². The van der Waals surface area contributed by atoms with Crippen molar-refractivity contribution >= 4 is 17.5 Å². The van der Waals surface area contributed by atoms with Gasteiger partial charge in [-0.1, -0.05) is 36.4 Å². The SMILES string of the molecule is COc1cccc(NC(=O)N2CCc3nc(-c4ccccc4)nc(N4CCN(C)CC4)c3C2)c1. The van der Waals surface area contributed by atoms with E-state index >= 15 is 0 Å². The van der Waals surface area contributed by atoms with Crippen molar-refractivity contribution in [1.82, 2.24) is 19.8 Å². The zero-order valence-electron chi connectivity index (χ0n) is 19.7. The molecule has 8 heteroatoms. The number of fused-ring (bicyclic) bond motifs is 1. The molecule has 2 aromatic carbocycles. The number of piperazine rings is 1. The predicted molar refractivity (Wildman–Crippen MR) is 133 cm³/mol. The first kappa shape index (κ1) is 22.2. The Hall–Kier alpha value is -3.65. The number of hydrogen-bond donors (Lipinski definition) is 1. The van der Waals surface area contributed by atoms with Gasteiger partial charge in [0.05, 0.1) is 19.3 Å². The van der Waals surface area contributed by atoms with E-state index in [1.165, 1.54) is 0 Å². The molecular weight excluding hydrogens is 428 g/mol. The summed E-state index contributed by atoms with van der Waals surface area (Å²) >= 11 is 0. The van der Waals surface area contributed by atoms with Gasteiger partial charge in [-0.25, -0.2) is 14.8 Å². The van der Waals surface area contributed by atoms with Gasteiger partial charge < -0.3 is 24.8 Å². The number of hydrogen-bond acceptors (Lipinski definition) is 6. The Labute approximate surface area is 200 Å². The van der Waals surface area contributed by atoms with Crippen molar-refractivity contribution in [3.63, 3.8) is 0 Å². The number of ether oxygens (including phenoxy) is 1. The summed E-state index contributed by atoms with van der Waals surface area (Å²) in [4.78, 5) is 29.6. The molecule has 0 atom stereocenters. The van der Waals surface area contributed by atoms with Crippen LogP contribution in [0.25, 0.3) is 11.4 Å². The van der Waals surface area contributed by atoms with Gasteiger partial charge in [0, 0.05) is 62.0 Å². The van der Waals surface area contributed by atoms with Crippen LogP contribution < -0.4 is 15.0 Å².